The Bertz CT molecular complexity index is 645. The molecule has 0 unspecified atom stereocenters. The second kappa shape index (κ2) is 6.34. The van der Waals surface area contributed by atoms with Crippen LogP contribution >= 0.6 is 0 Å². The number of carbonyl (C=O) groups is 1. The fourth-order valence-electron chi connectivity index (χ4n) is 3.15. The van der Waals surface area contributed by atoms with Gasteiger partial charge in [-0.05, 0) is 31.9 Å². The molecule has 0 aromatic carbocycles. The van der Waals surface area contributed by atoms with E-state index in [2.05, 4.69) is 10.2 Å². The predicted octanol–water partition coefficient (Wildman–Crippen LogP) is 1.41. The number of nitrogens with zero attached hydrogens (tertiary/aromatic N) is 5. The molecule has 0 bridgehead atoms. The smallest absolute Gasteiger partial charge is 0.228 e. The zero-order chi connectivity index (χ0) is 15.5. The molecule has 3 heterocycles. The van der Waals surface area contributed by atoms with Gasteiger partial charge in [-0.25, -0.2) is 0 Å². The van der Waals surface area contributed by atoms with Crippen LogP contribution in [0.5, 0.6) is 0 Å². The van der Waals surface area contributed by atoms with Crippen LogP contribution in [-0.2, 0) is 31.2 Å². The lowest BCUT2D eigenvalue weighted by Gasteiger charge is -2.24. The topological polar surface area (TPSA) is 56.0 Å². The molecule has 2 aromatic rings. The second-order valence-electron chi connectivity index (χ2n) is 5.87. The number of likely N-dealkylation sites (tertiary alicyclic amines) is 1. The third-order valence-electron chi connectivity index (χ3n) is 4.42. The molecule has 118 valence electrons. The van der Waals surface area contributed by atoms with Gasteiger partial charge in [0.15, 0.2) is 0 Å². The standard InChI is InChI=1S/C16H23N5O/c1-3-20-10-7-13(18-20)11-16(22)21-9-4-5-15(21)12-14-6-8-17-19(14)2/h6-8,10,15H,3-5,9,11-12H2,1-2H3/t15-/m0/s1. The molecule has 1 saturated heterocycles. The van der Waals surface area contributed by atoms with E-state index in [0.29, 0.717) is 6.42 Å². The second-order valence-corrected chi connectivity index (χ2v) is 5.87. The minimum atomic E-state index is 0.186. The van der Waals surface area contributed by atoms with Crippen molar-refractivity contribution in [1.29, 1.82) is 0 Å². The molecule has 3 rings (SSSR count). The average molecular weight is 301 g/mol. The number of hydrogen-bond donors (Lipinski definition) is 0. The Kier molecular flexibility index (Phi) is 4.27. The van der Waals surface area contributed by atoms with Gasteiger partial charge in [0.25, 0.3) is 0 Å². The first-order valence-corrected chi connectivity index (χ1v) is 7.96. The van der Waals surface area contributed by atoms with Crippen LogP contribution in [0.1, 0.15) is 31.2 Å². The Hall–Kier alpha value is -2.11. The van der Waals surface area contributed by atoms with Crippen molar-refractivity contribution in [2.75, 3.05) is 6.54 Å². The fraction of sp³-hybridized carbons (Fsp3) is 0.562. The van der Waals surface area contributed by atoms with Crippen LogP contribution in [0, 0.1) is 0 Å². The SMILES string of the molecule is CCn1ccc(CC(=O)N2CCC[C@H]2Cc2ccnn2C)n1. The molecular formula is C16H23N5O. The highest BCUT2D eigenvalue weighted by Gasteiger charge is 2.29. The largest absolute Gasteiger partial charge is 0.339 e. The van der Waals surface area contributed by atoms with Crippen LogP contribution in [0.4, 0.5) is 0 Å². The van der Waals surface area contributed by atoms with Gasteiger partial charge in [-0.3, -0.25) is 14.2 Å². The van der Waals surface area contributed by atoms with E-state index >= 15 is 0 Å². The molecule has 2 aromatic heterocycles. The van der Waals surface area contributed by atoms with Gasteiger partial charge >= 0.3 is 0 Å². The van der Waals surface area contributed by atoms with Crippen molar-refractivity contribution in [2.24, 2.45) is 7.05 Å². The highest BCUT2D eigenvalue weighted by molar-refractivity contribution is 5.79. The number of aryl methyl sites for hydroxylation is 2. The molecule has 0 N–H and O–H groups in total. The Balaban J connectivity index is 1.64. The lowest BCUT2D eigenvalue weighted by atomic mass is 10.1. The van der Waals surface area contributed by atoms with Crippen molar-refractivity contribution in [3.05, 3.63) is 35.9 Å². The quantitative estimate of drug-likeness (QED) is 0.839. The first-order valence-electron chi connectivity index (χ1n) is 7.96. The van der Waals surface area contributed by atoms with Crippen molar-refractivity contribution < 1.29 is 4.79 Å². The molecule has 1 fully saturated rings. The van der Waals surface area contributed by atoms with E-state index in [-0.39, 0.29) is 11.9 Å². The third-order valence-corrected chi connectivity index (χ3v) is 4.42. The highest BCUT2D eigenvalue weighted by Crippen LogP contribution is 2.22. The van der Waals surface area contributed by atoms with Gasteiger partial charge in [0.1, 0.15) is 0 Å². The normalized spacial score (nSPS) is 18.1. The van der Waals surface area contributed by atoms with Gasteiger partial charge in [-0.15, -0.1) is 0 Å². The Morgan fingerprint density at radius 2 is 2.27 bits per heavy atom. The van der Waals surface area contributed by atoms with Gasteiger partial charge in [-0.2, -0.15) is 10.2 Å². The van der Waals surface area contributed by atoms with Crippen LogP contribution in [-0.4, -0.2) is 43.0 Å². The molecular weight excluding hydrogens is 278 g/mol. The first kappa shape index (κ1) is 14.8. The molecule has 0 saturated carbocycles. The summed E-state index contributed by atoms with van der Waals surface area (Å²) in [5.41, 5.74) is 2.04. The van der Waals surface area contributed by atoms with Crippen LogP contribution in [0.3, 0.4) is 0 Å². The summed E-state index contributed by atoms with van der Waals surface area (Å²) in [6.07, 6.45) is 7.17. The minimum Gasteiger partial charge on any atom is -0.339 e. The number of amides is 1. The highest BCUT2D eigenvalue weighted by atomic mass is 16.2. The molecule has 6 heteroatoms. The Morgan fingerprint density at radius 3 is 2.95 bits per heavy atom. The monoisotopic (exact) mass is 301 g/mol. The van der Waals surface area contributed by atoms with E-state index in [1.165, 1.54) is 5.69 Å². The summed E-state index contributed by atoms with van der Waals surface area (Å²) in [5.74, 6) is 0.186. The van der Waals surface area contributed by atoms with Gasteiger partial charge in [0.2, 0.25) is 5.91 Å². The van der Waals surface area contributed by atoms with E-state index in [1.54, 1.807) is 0 Å². The summed E-state index contributed by atoms with van der Waals surface area (Å²) in [6, 6.07) is 4.26. The fourth-order valence-corrected chi connectivity index (χ4v) is 3.15. The molecule has 6 nitrogen and oxygen atoms in total. The summed E-state index contributed by atoms with van der Waals surface area (Å²) in [6.45, 7) is 3.74. The first-order chi connectivity index (χ1) is 10.7. The molecule has 1 amide bonds. The van der Waals surface area contributed by atoms with E-state index < -0.39 is 0 Å². The van der Waals surface area contributed by atoms with E-state index in [0.717, 1.165) is 38.0 Å². The maximum Gasteiger partial charge on any atom is 0.228 e. The number of hydrogen-bond acceptors (Lipinski definition) is 3. The number of rotatable bonds is 5. The van der Waals surface area contributed by atoms with E-state index in [4.69, 9.17) is 0 Å². The summed E-state index contributed by atoms with van der Waals surface area (Å²) >= 11 is 0. The van der Waals surface area contributed by atoms with Crippen LogP contribution in [0.15, 0.2) is 24.5 Å². The predicted molar refractivity (Wildman–Crippen MR) is 83.3 cm³/mol. The third kappa shape index (κ3) is 3.05. The number of aromatic nitrogens is 4. The van der Waals surface area contributed by atoms with Crippen molar-refractivity contribution in [3.8, 4) is 0 Å². The maximum atomic E-state index is 12.6. The van der Waals surface area contributed by atoms with Crippen molar-refractivity contribution in [1.82, 2.24) is 24.5 Å². The van der Waals surface area contributed by atoms with Crippen LogP contribution in [0.25, 0.3) is 0 Å². The van der Waals surface area contributed by atoms with Crippen molar-refractivity contribution in [3.63, 3.8) is 0 Å². The lowest BCUT2D eigenvalue weighted by Crippen LogP contribution is -2.38. The average Bonchev–Trinajstić information content (AvgIpc) is 3.22. The van der Waals surface area contributed by atoms with Crippen LogP contribution in [0.2, 0.25) is 0 Å². The molecule has 1 aliphatic rings. The van der Waals surface area contributed by atoms with Crippen molar-refractivity contribution in [2.45, 2.75) is 45.2 Å². The lowest BCUT2D eigenvalue weighted by molar-refractivity contribution is -0.131. The molecule has 1 atom stereocenters. The number of carbonyl (C=O) groups excluding carboxylic acids is 1. The summed E-state index contributed by atoms with van der Waals surface area (Å²) < 4.78 is 3.75. The van der Waals surface area contributed by atoms with Gasteiger partial charge in [-0.1, -0.05) is 0 Å². The minimum absolute atomic E-state index is 0.186. The van der Waals surface area contributed by atoms with Gasteiger partial charge in [0.05, 0.1) is 12.1 Å². The summed E-state index contributed by atoms with van der Waals surface area (Å²) in [5, 5.41) is 8.62. The molecule has 22 heavy (non-hydrogen) atoms. The molecule has 0 radical (unpaired) electrons. The Labute approximate surface area is 130 Å². The zero-order valence-corrected chi connectivity index (χ0v) is 13.3. The van der Waals surface area contributed by atoms with E-state index in [9.17, 15) is 4.79 Å². The summed E-state index contributed by atoms with van der Waals surface area (Å²) in [7, 11) is 1.95. The summed E-state index contributed by atoms with van der Waals surface area (Å²) in [4.78, 5) is 14.6. The van der Waals surface area contributed by atoms with Gasteiger partial charge < -0.3 is 4.90 Å². The molecule has 0 spiro atoms. The van der Waals surface area contributed by atoms with Crippen molar-refractivity contribution >= 4 is 5.91 Å². The maximum absolute atomic E-state index is 12.6. The van der Waals surface area contributed by atoms with Crippen LogP contribution < -0.4 is 0 Å². The van der Waals surface area contributed by atoms with E-state index in [1.807, 2.05) is 52.8 Å². The Morgan fingerprint density at radius 1 is 1.41 bits per heavy atom. The van der Waals surface area contributed by atoms with Gasteiger partial charge in [0, 0.05) is 50.7 Å². The molecule has 1 aliphatic heterocycles. The zero-order valence-electron chi connectivity index (χ0n) is 13.3. The molecule has 0 aliphatic carbocycles.